The first kappa shape index (κ1) is 20.5. The summed E-state index contributed by atoms with van der Waals surface area (Å²) in [5, 5.41) is 7.34. The Morgan fingerprint density at radius 3 is 2.72 bits per heavy atom. The normalized spacial score (nSPS) is 10.9. The second-order valence-corrected chi connectivity index (χ2v) is 6.49. The molecule has 8 heteroatoms. The number of hydrogen-bond donors (Lipinski definition) is 1. The third kappa shape index (κ3) is 5.62. The van der Waals surface area contributed by atoms with Crippen LogP contribution in [0.4, 0.5) is 13.2 Å². The maximum absolute atomic E-state index is 12.7. The average molecular weight is 418 g/mol. The minimum Gasteiger partial charge on any atom is -0.341 e. The minimum atomic E-state index is -4.42. The summed E-state index contributed by atoms with van der Waals surface area (Å²) in [4.78, 5) is 12.2. The first-order chi connectivity index (χ1) is 13.8. The molecule has 0 radical (unpaired) electrons. The molecule has 3 rings (SSSR count). The van der Waals surface area contributed by atoms with Crippen molar-refractivity contribution in [1.82, 2.24) is 15.1 Å². The zero-order chi connectivity index (χ0) is 20.9. The Labute approximate surface area is 170 Å². The second kappa shape index (κ2) is 8.84. The molecule has 0 unspecified atom stereocenters. The van der Waals surface area contributed by atoms with Crippen molar-refractivity contribution in [3.63, 3.8) is 0 Å². The van der Waals surface area contributed by atoms with Gasteiger partial charge in [-0.25, -0.2) is 0 Å². The van der Waals surface area contributed by atoms with Gasteiger partial charge in [0.2, 0.25) is 0 Å². The van der Waals surface area contributed by atoms with Gasteiger partial charge in [0.25, 0.3) is 5.91 Å². The summed E-state index contributed by atoms with van der Waals surface area (Å²) in [6, 6.07) is 12.0. The van der Waals surface area contributed by atoms with E-state index in [9.17, 15) is 18.0 Å². The largest absolute Gasteiger partial charge is 0.416 e. The summed E-state index contributed by atoms with van der Waals surface area (Å²) in [5.74, 6) is 4.87. The molecular formula is C21H15ClF3N3O. The Kier molecular flexibility index (Phi) is 6.25. The van der Waals surface area contributed by atoms with E-state index >= 15 is 0 Å². The molecule has 1 aromatic heterocycles. The Balaban J connectivity index is 1.57. The van der Waals surface area contributed by atoms with Crippen LogP contribution in [0.25, 0.3) is 0 Å². The predicted molar refractivity (Wildman–Crippen MR) is 103 cm³/mol. The van der Waals surface area contributed by atoms with E-state index in [1.165, 1.54) is 18.3 Å². The summed E-state index contributed by atoms with van der Waals surface area (Å²) in [7, 11) is 0. The molecule has 148 valence electrons. The molecule has 0 bridgehead atoms. The lowest BCUT2D eigenvalue weighted by atomic mass is 10.1. The van der Waals surface area contributed by atoms with Gasteiger partial charge in [-0.3, -0.25) is 9.48 Å². The number of nitrogens with zero attached hydrogens (tertiary/aromatic N) is 2. The molecule has 1 heterocycles. The van der Waals surface area contributed by atoms with Gasteiger partial charge in [-0.05, 0) is 29.8 Å². The molecule has 0 aliphatic heterocycles. The van der Waals surface area contributed by atoms with Crippen LogP contribution in [0.3, 0.4) is 0 Å². The average Bonchev–Trinajstić information content (AvgIpc) is 3.15. The summed E-state index contributed by atoms with van der Waals surface area (Å²) >= 11 is 6.12. The van der Waals surface area contributed by atoms with Crippen molar-refractivity contribution < 1.29 is 18.0 Å². The third-order valence-electron chi connectivity index (χ3n) is 3.95. The van der Waals surface area contributed by atoms with Gasteiger partial charge in [-0.15, -0.1) is 0 Å². The van der Waals surface area contributed by atoms with Crippen molar-refractivity contribution in [2.24, 2.45) is 0 Å². The fraction of sp³-hybridized carbons (Fsp3) is 0.143. The molecule has 3 aromatic rings. The highest BCUT2D eigenvalue weighted by atomic mass is 35.5. The van der Waals surface area contributed by atoms with Crippen LogP contribution in [0.15, 0.2) is 60.9 Å². The molecule has 1 N–H and O–H groups in total. The van der Waals surface area contributed by atoms with Gasteiger partial charge in [0.05, 0.1) is 30.4 Å². The zero-order valence-corrected chi connectivity index (χ0v) is 15.8. The minimum absolute atomic E-state index is 0.00915. The fourth-order valence-corrected chi connectivity index (χ4v) is 2.71. The number of halogens is 4. The van der Waals surface area contributed by atoms with Crippen LogP contribution in [0, 0.1) is 11.8 Å². The standard InChI is InChI=1S/C21H15ClF3N3O/c22-19-9-2-1-7-16(19)13-28-14-17(12-27-28)20(29)26-10-4-6-15-5-3-8-18(11-15)21(23,24)25/h1-3,5,7-9,11-12,14H,10,13H2,(H,26,29). The topological polar surface area (TPSA) is 46.9 Å². The SMILES string of the molecule is O=C(NCC#Cc1cccc(C(F)(F)F)c1)c1cnn(Cc2ccccc2Cl)c1. The van der Waals surface area contributed by atoms with Crippen LogP contribution in [-0.2, 0) is 12.7 Å². The summed E-state index contributed by atoms with van der Waals surface area (Å²) in [5.41, 5.74) is 0.676. The number of rotatable bonds is 4. The zero-order valence-electron chi connectivity index (χ0n) is 15.0. The molecule has 2 aromatic carbocycles. The lowest BCUT2D eigenvalue weighted by Gasteiger charge is -2.05. The smallest absolute Gasteiger partial charge is 0.341 e. The van der Waals surface area contributed by atoms with Gasteiger partial charge in [-0.1, -0.05) is 47.7 Å². The van der Waals surface area contributed by atoms with Crippen LogP contribution in [0.1, 0.15) is 27.0 Å². The molecule has 0 saturated heterocycles. The summed E-state index contributed by atoms with van der Waals surface area (Å²) < 4.78 is 39.7. The molecule has 0 fully saturated rings. The molecule has 0 saturated carbocycles. The number of benzene rings is 2. The number of hydrogen-bond acceptors (Lipinski definition) is 2. The number of amides is 1. The number of carbonyl (C=O) groups is 1. The second-order valence-electron chi connectivity index (χ2n) is 6.08. The Hall–Kier alpha value is -3.24. The van der Waals surface area contributed by atoms with Gasteiger partial charge in [0.1, 0.15) is 0 Å². The van der Waals surface area contributed by atoms with E-state index in [4.69, 9.17) is 11.6 Å². The maximum atomic E-state index is 12.7. The van der Waals surface area contributed by atoms with Gasteiger partial charge >= 0.3 is 6.18 Å². The van der Waals surface area contributed by atoms with Crippen LogP contribution in [0.2, 0.25) is 5.02 Å². The molecule has 0 atom stereocenters. The molecule has 29 heavy (non-hydrogen) atoms. The Bertz CT molecular complexity index is 1080. The predicted octanol–water partition coefficient (Wildman–Crippen LogP) is 4.39. The molecule has 0 aliphatic carbocycles. The van der Waals surface area contributed by atoms with E-state index in [1.807, 2.05) is 18.2 Å². The summed E-state index contributed by atoms with van der Waals surface area (Å²) in [6.07, 6.45) is -1.42. The molecule has 0 aliphatic rings. The third-order valence-corrected chi connectivity index (χ3v) is 4.31. The van der Waals surface area contributed by atoms with Gasteiger partial charge < -0.3 is 5.32 Å². The van der Waals surface area contributed by atoms with Crippen molar-refractivity contribution in [2.75, 3.05) is 6.54 Å². The monoisotopic (exact) mass is 417 g/mol. The first-order valence-electron chi connectivity index (χ1n) is 8.53. The lowest BCUT2D eigenvalue weighted by molar-refractivity contribution is -0.137. The number of alkyl halides is 3. The van der Waals surface area contributed by atoms with E-state index in [-0.39, 0.29) is 18.0 Å². The molecule has 4 nitrogen and oxygen atoms in total. The molecular weight excluding hydrogens is 403 g/mol. The van der Waals surface area contributed by atoms with Crippen LogP contribution >= 0.6 is 11.6 Å². The van der Waals surface area contributed by atoms with E-state index in [2.05, 4.69) is 22.3 Å². The van der Waals surface area contributed by atoms with Crippen molar-refractivity contribution in [3.05, 3.63) is 88.2 Å². The quantitative estimate of drug-likeness (QED) is 0.640. The summed E-state index contributed by atoms with van der Waals surface area (Å²) in [6.45, 7) is 0.410. The first-order valence-corrected chi connectivity index (χ1v) is 8.91. The Morgan fingerprint density at radius 2 is 1.97 bits per heavy atom. The van der Waals surface area contributed by atoms with Crippen molar-refractivity contribution >= 4 is 17.5 Å². The number of carbonyl (C=O) groups excluding carboxylic acids is 1. The maximum Gasteiger partial charge on any atom is 0.416 e. The van der Waals surface area contributed by atoms with E-state index < -0.39 is 11.7 Å². The van der Waals surface area contributed by atoms with Crippen molar-refractivity contribution in [3.8, 4) is 11.8 Å². The number of aromatic nitrogens is 2. The van der Waals surface area contributed by atoms with Crippen LogP contribution < -0.4 is 5.32 Å². The van der Waals surface area contributed by atoms with Crippen LogP contribution in [-0.4, -0.2) is 22.2 Å². The molecule has 0 spiro atoms. The van der Waals surface area contributed by atoms with Gasteiger partial charge in [0.15, 0.2) is 0 Å². The highest BCUT2D eigenvalue weighted by molar-refractivity contribution is 6.31. The van der Waals surface area contributed by atoms with Crippen LogP contribution in [0.5, 0.6) is 0 Å². The highest BCUT2D eigenvalue weighted by Crippen LogP contribution is 2.29. The van der Waals surface area contributed by atoms with Gasteiger partial charge in [-0.2, -0.15) is 18.3 Å². The van der Waals surface area contributed by atoms with E-state index in [0.717, 1.165) is 17.7 Å². The van der Waals surface area contributed by atoms with Crippen molar-refractivity contribution in [1.29, 1.82) is 0 Å². The number of nitrogens with one attached hydrogen (secondary N) is 1. The highest BCUT2D eigenvalue weighted by Gasteiger charge is 2.30. The van der Waals surface area contributed by atoms with Crippen molar-refractivity contribution in [2.45, 2.75) is 12.7 Å². The van der Waals surface area contributed by atoms with E-state index in [0.29, 0.717) is 17.1 Å². The lowest BCUT2D eigenvalue weighted by Crippen LogP contribution is -2.23. The Morgan fingerprint density at radius 1 is 1.17 bits per heavy atom. The van der Waals surface area contributed by atoms with E-state index in [1.54, 1.807) is 16.9 Å². The van der Waals surface area contributed by atoms with Gasteiger partial charge in [0, 0.05) is 16.8 Å². The molecule has 1 amide bonds. The fourth-order valence-electron chi connectivity index (χ4n) is 2.51.